The van der Waals surface area contributed by atoms with Gasteiger partial charge in [0.05, 0.1) is 12.2 Å². The summed E-state index contributed by atoms with van der Waals surface area (Å²) >= 11 is 0. The molecular formula is C32H62N4O5. The first-order chi connectivity index (χ1) is 19.0. The summed E-state index contributed by atoms with van der Waals surface area (Å²) in [4.78, 5) is 29.7. The fourth-order valence-electron chi connectivity index (χ4n) is 4.80. The lowest BCUT2D eigenvalue weighted by Crippen LogP contribution is -2.45. The Kier molecular flexibility index (Phi) is 13.4. The zero-order valence-electron chi connectivity index (χ0n) is 28.0. The van der Waals surface area contributed by atoms with Crippen LogP contribution in [-0.4, -0.2) is 103 Å². The Labute approximate surface area is 250 Å². The van der Waals surface area contributed by atoms with E-state index in [-0.39, 0.29) is 23.0 Å². The third kappa shape index (κ3) is 13.2. The highest BCUT2D eigenvalue weighted by Crippen LogP contribution is 2.39. The summed E-state index contributed by atoms with van der Waals surface area (Å²) in [6.45, 7) is 27.7. The van der Waals surface area contributed by atoms with Gasteiger partial charge in [0.15, 0.2) is 0 Å². The molecule has 0 bridgehead atoms. The van der Waals surface area contributed by atoms with E-state index in [1.807, 2.05) is 27.7 Å². The lowest BCUT2D eigenvalue weighted by Gasteiger charge is -2.42. The molecule has 2 unspecified atom stereocenters. The predicted molar refractivity (Wildman–Crippen MR) is 165 cm³/mol. The molecule has 2 N–H and O–H groups in total. The average Bonchev–Trinajstić information content (AvgIpc) is 3.75. The molecule has 41 heavy (non-hydrogen) atoms. The van der Waals surface area contributed by atoms with Crippen molar-refractivity contribution in [3.8, 4) is 0 Å². The predicted octanol–water partition coefficient (Wildman–Crippen LogP) is 4.97. The molecule has 2 aliphatic heterocycles. The van der Waals surface area contributed by atoms with Crippen LogP contribution in [0.1, 0.15) is 108 Å². The molecule has 2 aliphatic rings. The van der Waals surface area contributed by atoms with Crippen LogP contribution in [0.2, 0.25) is 0 Å². The third-order valence-electron chi connectivity index (χ3n) is 9.26. The zero-order chi connectivity index (χ0) is 30.9. The van der Waals surface area contributed by atoms with E-state index in [1.165, 1.54) is 13.1 Å². The number of hydrogen-bond donors (Lipinski definition) is 2. The van der Waals surface area contributed by atoms with Crippen LogP contribution in [0.5, 0.6) is 0 Å². The number of nitrogens with zero attached hydrogens (tertiary/aromatic N) is 2. The van der Waals surface area contributed by atoms with E-state index < -0.39 is 11.2 Å². The fourth-order valence-corrected chi connectivity index (χ4v) is 4.80. The number of hydrogen-bond acceptors (Lipinski definition) is 7. The van der Waals surface area contributed by atoms with E-state index in [4.69, 9.17) is 14.2 Å². The van der Waals surface area contributed by atoms with Crippen molar-refractivity contribution >= 4 is 12.0 Å². The number of amides is 2. The van der Waals surface area contributed by atoms with Crippen molar-refractivity contribution in [2.45, 2.75) is 137 Å². The smallest absolute Gasteiger partial charge is 0.407 e. The molecule has 240 valence electrons. The summed E-state index contributed by atoms with van der Waals surface area (Å²) in [7, 11) is 0. The summed E-state index contributed by atoms with van der Waals surface area (Å²) in [5, 5.41) is 5.93. The summed E-state index contributed by atoms with van der Waals surface area (Å²) in [5.41, 5.74) is -1.86. The summed E-state index contributed by atoms with van der Waals surface area (Å²) in [6.07, 6.45) is 4.99. The second-order valence-corrected chi connectivity index (χ2v) is 14.5. The minimum absolute atomic E-state index is 0.0453. The summed E-state index contributed by atoms with van der Waals surface area (Å²) in [6, 6.07) is 1.03. The van der Waals surface area contributed by atoms with Gasteiger partial charge >= 0.3 is 6.09 Å². The maximum atomic E-state index is 12.6. The number of rotatable bonds is 21. The molecule has 2 fully saturated rings. The van der Waals surface area contributed by atoms with E-state index >= 15 is 0 Å². The van der Waals surface area contributed by atoms with Crippen molar-refractivity contribution < 1.29 is 23.8 Å². The van der Waals surface area contributed by atoms with Crippen LogP contribution in [0.25, 0.3) is 0 Å². The van der Waals surface area contributed by atoms with Crippen molar-refractivity contribution in [2.75, 3.05) is 52.5 Å². The second-order valence-electron chi connectivity index (χ2n) is 14.5. The Hall–Kier alpha value is -1.42. The zero-order valence-corrected chi connectivity index (χ0v) is 28.0. The minimum Gasteiger partial charge on any atom is -0.443 e. The SMILES string of the molecule is CC(CCNC(=O)OC(C)(C)CCOC(C)(C)C(C)(C)CCCCOC(C)(C)C(=O)NCCC(C)N1CC1)N1CC1. The van der Waals surface area contributed by atoms with Crippen molar-refractivity contribution in [3.05, 3.63) is 0 Å². The maximum absolute atomic E-state index is 12.6. The van der Waals surface area contributed by atoms with Gasteiger partial charge in [0.2, 0.25) is 0 Å². The van der Waals surface area contributed by atoms with Gasteiger partial charge in [0, 0.05) is 64.4 Å². The minimum atomic E-state index is -0.833. The molecule has 0 aromatic heterocycles. The fraction of sp³-hybridized carbons (Fsp3) is 0.938. The van der Waals surface area contributed by atoms with Gasteiger partial charge in [-0.15, -0.1) is 0 Å². The van der Waals surface area contributed by atoms with Crippen LogP contribution in [0, 0.1) is 5.41 Å². The number of nitrogens with one attached hydrogen (secondary N) is 2. The number of carbonyl (C=O) groups excluding carboxylic acids is 2. The van der Waals surface area contributed by atoms with E-state index in [2.05, 4.69) is 62.0 Å². The van der Waals surface area contributed by atoms with Gasteiger partial charge in [-0.05, 0) is 86.5 Å². The molecule has 0 aliphatic carbocycles. The first-order valence-electron chi connectivity index (χ1n) is 16.0. The average molecular weight is 583 g/mol. The Bertz CT molecular complexity index is 821. The van der Waals surface area contributed by atoms with Crippen LogP contribution in [0.3, 0.4) is 0 Å². The Morgan fingerprint density at radius 2 is 1.27 bits per heavy atom. The van der Waals surface area contributed by atoms with E-state index in [1.54, 1.807) is 0 Å². The molecule has 0 spiro atoms. The highest BCUT2D eigenvalue weighted by molar-refractivity contribution is 5.84. The highest BCUT2D eigenvalue weighted by atomic mass is 16.6. The van der Waals surface area contributed by atoms with Crippen molar-refractivity contribution in [1.29, 1.82) is 0 Å². The monoisotopic (exact) mass is 582 g/mol. The van der Waals surface area contributed by atoms with E-state index in [0.717, 1.165) is 45.2 Å². The molecule has 2 amide bonds. The molecule has 0 radical (unpaired) electrons. The lowest BCUT2D eigenvalue weighted by atomic mass is 9.73. The number of alkyl carbamates (subject to hydrolysis) is 1. The molecule has 2 saturated heterocycles. The molecule has 0 saturated carbocycles. The van der Waals surface area contributed by atoms with Crippen LogP contribution in [0.15, 0.2) is 0 Å². The first kappa shape index (κ1) is 35.8. The van der Waals surface area contributed by atoms with Crippen LogP contribution >= 0.6 is 0 Å². The molecule has 2 atom stereocenters. The quantitative estimate of drug-likeness (QED) is 0.146. The van der Waals surface area contributed by atoms with Crippen molar-refractivity contribution in [1.82, 2.24) is 20.4 Å². The molecule has 9 nitrogen and oxygen atoms in total. The number of ether oxygens (including phenoxy) is 3. The number of unbranched alkanes of at least 4 members (excludes halogenated alkanes) is 1. The molecular weight excluding hydrogens is 520 g/mol. The Balaban J connectivity index is 1.61. The molecule has 9 heteroatoms. The Morgan fingerprint density at radius 3 is 1.80 bits per heavy atom. The highest BCUT2D eigenvalue weighted by Gasteiger charge is 2.38. The van der Waals surface area contributed by atoms with E-state index in [9.17, 15) is 9.59 Å². The van der Waals surface area contributed by atoms with Crippen LogP contribution < -0.4 is 10.6 Å². The maximum Gasteiger partial charge on any atom is 0.407 e. The molecule has 2 heterocycles. The normalized spacial score (nSPS) is 18.1. The number of carbonyl (C=O) groups is 2. The van der Waals surface area contributed by atoms with Gasteiger partial charge in [-0.1, -0.05) is 20.3 Å². The van der Waals surface area contributed by atoms with Crippen molar-refractivity contribution in [2.24, 2.45) is 5.41 Å². The van der Waals surface area contributed by atoms with Gasteiger partial charge < -0.3 is 24.8 Å². The lowest BCUT2D eigenvalue weighted by molar-refractivity contribution is -0.143. The van der Waals surface area contributed by atoms with Crippen molar-refractivity contribution in [3.63, 3.8) is 0 Å². The molecule has 2 rings (SSSR count). The van der Waals surface area contributed by atoms with Crippen LogP contribution in [-0.2, 0) is 19.0 Å². The van der Waals surface area contributed by atoms with Gasteiger partial charge in [0.1, 0.15) is 11.2 Å². The van der Waals surface area contributed by atoms with Gasteiger partial charge in [0.25, 0.3) is 5.91 Å². The largest absolute Gasteiger partial charge is 0.443 e. The first-order valence-corrected chi connectivity index (χ1v) is 16.0. The Morgan fingerprint density at radius 1 is 0.732 bits per heavy atom. The van der Waals surface area contributed by atoms with Gasteiger partial charge in [-0.2, -0.15) is 0 Å². The molecule has 0 aromatic rings. The van der Waals surface area contributed by atoms with Crippen LogP contribution in [0.4, 0.5) is 4.79 Å². The van der Waals surface area contributed by atoms with Gasteiger partial charge in [-0.3, -0.25) is 14.6 Å². The molecule has 0 aromatic carbocycles. The standard InChI is InChI=1S/C32H62N4O5/c1-25(35-19-20-35)13-17-33-27(37)31(7,8)39-23-12-11-15-29(3,4)32(9,10)40-24-16-30(5,6)41-28(38)34-18-14-26(2)36-21-22-36/h25-26H,11-24H2,1-10H3,(H,33,37)(H,34,38). The summed E-state index contributed by atoms with van der Waals surface area (Å²) in [5.74, 6) is -0.0453. The third-order valence-corrected chi connectivity index (χ3v) is 9.26. The topological polar surface area (TPSA) is 91.9 Å². The summed E-state index contributed by atoms with van der Waals surface area (Å²) < 4.78 is 18.0. The second kappa shape index (κ2) is 15.3. The van der Waals surface area contributed by atoms with Gasteiger partial charge in [-0.25, -0.2) is 4.79 Å². The van der Waals surface area contributed by atoms with E-state index in [0.29, 0.717) is 44.8 Å².